The highest BCUT2D eigenvalue weighted by Crippen LogP contribution is 2.45. The molecule has 1 N–H and O–H groups in total. The van der Waals surface area contributed by atoms with Gasteiger partial charge in [-0.1, -0.05) is 38.8 Å². The molecule has 2 aliphatic carbocycles. The van der Waals surface area contributed by atoms with E-state index in [1.165, 1.54) is 0 Å². The Hall–Kier alpha value is -1.62. The second-order valence-electron chi connectivity index (χ2n) is 7.61. The summed E-state index contributed by atoms with van der Waals surface area (Å²) in [7, 11) is 0. The SMILES string of the molecule is [2H]C1=C([2H])[C@]([2H])(C)[C@H](CCC2C[C@@H](O)CC(=O)O2)[C@@H]2C1=C([2H])[C@]([2H])(C([2H])([2H])[2H])C([2H])([2H])C2OC(=O)C(C([2H])([2H])[2H])(C([2H])([2H])[2H])C([2H])([2H])C([2H])([2H])[2H]. The summed E-state index contributed by atoms with van der Waals surface area (Å²) in [6, 6.07) is -3.34. The number of hydrogen-bond donors (Lipinski definition) is 1. The second-order valence-corrected chi connectivity index (χ2v) is 7.61. The standard InChI is InChI=1S/C25H38O5/c1-6-25(4,5)24(28)30-21-12-15(2)11-17-8-7-16(3)20(23(17)21)10-9-19-13-18(26)14-22(27)29-19/h7-8,11,15-16,18-21,23,26H,6,9-10,12-14H2,1-5H3/t15-,16-,18+,19?,20-,21?,23-/m0/s1/i1D3,2D3,4D3,5D3,6D2,7D,8D,11D,12D2,15D,16D. The number of hydrogen-bond acceptors (Lipinski definition) is 5. The third-order valence-corrected chi connectivity index (χ3v) is 5.35. The van der Waals surface area contributed by atoms with Crippen LogP contribution in [0.1, 0.15) is 102 Å². The quantitative estimate of drug-likeness (QED) is 0.613. The Morgan fingerprint density at radius 3 is 3.07 bits per heavy atom. The van der Waals surface area contributed by atoms with Gasteiger partial charge < -0.3 is 14.6 Å². The van der Waals surface area contributed by atoms with Gasteiger partial charge in [0.1, 0.15) is 12.2 Å². The predicted octanol–water partition coefficient (Wildman–Crippen LogP) is 4.59. The second kappa shape index (κ2) is 9.25. The molecule has 0 aromatic heterocycles. The number of allylic oxidation sites excluding steroid dienone is 3. The molecule has 0 amide bonds. The molecule has 1 heterocycles. The van der Waals surface area contributed by atoms with Gasteiger partial charge in [0.15, 0.2) is 0 Å². The molecule has 0 saturated carbocycles. The van der Waals surface area contributed by atoms with Gasteiger partial charge in [-0.25, -0.2) is 0 Å². The molecule has 0 spiro atoms. The third-order valence-electron chi connectivity index (χ3n) is 5.35. The number of ether oxygens (including phenoxy) is 2. The van der Waals surface area contributed by atoms with Crippen LogP contribution in [-0.4, -0.2) is 35.4 Å². The van der Waals surface area contributed by atoms with Crippen molar-refractivity contribution in [2.45, 2.75) is 91.1 Å². The topological polar surface area (TPSA) is 72.8 Å². The number of cyclic esters (lactones) is 1. The largest absolute Gasteiger partial charge is 0.462 e. The van der Waals surface area contributed by atoms with E-state index < -0.39 is 130 Å². The summed E-state index contributed by atoms with van der Waals surface area (Å²) < 4.78 is 184. The van der Waals surface area contributed by atoms with Crippen LogP contribution >= 0.6 is 0 Å². The fourth-order valence-electron chi connectivity index (χ4n) is 3.85. The third kappa shape index (κ3) is 5.16. The fraction of sp³-hybridized carbons (Fsp3) is 0.760. The lowest BCUT2D eigenvalue weighted by Gasteiger charge is -2.44. The molecule has 1 fully saturated rings. The number of fused-ring (bicyclic) bond motifs is 1. The van der Waals surface area contributed by atoms with Gasteiger partial charge in [0.2, 0.25) is 0 Å². The Labute approximate surface area is 210 Å². The van der Waals surface area contributed by atoms with E-state index in [0.29, 0.717) is 0 Å². The lowest BCUT2D eigenvalue weighted by Crippen LogP contribution is -2.43. The molecule has 5 heteroatoms. The van der Waals surface area contributed by atoms with E-state index in [-0.39, 0.29) is 19.3 Å². The number of aliphatic hydroxyl groups excluding tert-OH is 1. The number of carbonyl (C=O) groups excluding carboxylic acids is 2. The van der Waals surface area contributed by atoms with E-state index in [2.05, 4.69) is 0 Å². The Morgan fingerprint density at radius 1 is 1.53 bits per heavy atom. The number of aliphatic hydroxyl groups is 1. The molecule has 0 aromatic carbocycles. The Bertz CT molecular complexity index is 1450. The maximum Gasteiger partial charge on any atom is 0.311 e. The first-order chi connectivity index (χ1) is 22.5. The van der Waals surface area contributed by atoms with Crippen LogP contribution in [0.3, 0.4) is 0 Å². The minimum absolute atomic E-state index is 0.116. The molecular formula is C25H38O5. The highest BCUT2D eigenvalue weighted by Gasteiger charge is 2.43. The maximum absolute atomic E-state index is 14.2. The molecular weight excluding hydrogens is 380 g/mol. The summed E-state index contributed by atoms with van der Waals surface area (Å²) >= 11 is 0. The maximum atomic E-state index is 14.2. The number of carbonyl (C=O) groups is 2. The first-order valence-corrected chi connectivity index (χ1v) is 9.47. The van der Waals surface area contributed by atoms with E-state index in [4.69, 9.17) is 38.3 Å². The Morgan fingerprint density at radius 2 is 2.37 bits per heavy atom. The summed E-state index contributed by atoms with van der Waals surface area (Å²) in [6.07, 6.45) is -14.6. The molecule has 0 bridgehead atoms. The van der Waals surface area contributed by atoms with Crippen molar-refractivity contribution in [2.75, 3.05) is 0 Å². The molecule has 2 unspecified atom stereocenters. The van der Waals surface area contributed by atoms with Gasteiger partial charge in [-0.2, -0.15) is 0 Å². The number of rotatable bonds is 6. The highest BCUT2D eigenvalue weighted by molar-refractivity contribution is 5.76. The average Bonchev–Trinajstić information content (AvgIpc) is 2.89. The van der Waals surface area contributed by atoms with Gasteiger partial charge in [-0.05, 0) is 62.6 Å². The molecule has 0 aromatic rings. The predicted molar refractivity (Wildman–Crippen MR) is 115 cm³/mol. The summed E-state index contributed by atoms with van der Waals surface area (Å²) in [5.41, 5.74) is -5.53. The van der Waals surface area contributed by atoms with Crippen LogP contribution in [-0.2, 0) is 19.1 Å². The minimum Gasteiger partial charge on any atom is -0.462 e. The summed E-state index contributed by atoms with van der Waals surface area (Å²) in [6.45, 7) is -15.8. The zero-order valence-corrected chi connectivity index (χ0v) is 16.3. The lowest BCUT2D eigenvalue weighted by molar-refractivity contribution is -0.166. The molecule has 1 saturated heterocycles. The normalized spacial score (nSPS) is 56.5. The molecule has 30 heavy (non-hydrogen) atoms. The van der Waals surface area contributed by atoms with Crippen LogP contribution in [0.4, 0.5) is 0 Å². The van der Waals surface area contributed by atoms with Crippen LogP contribution < -0.4 is 0 Å². The summed E-state index contributed by atoms with van der Waals surface area (Å²) in [4.78, 5) is 26.2. The van der Waals surface area contributed by atoms with E-state index >= 15 is 0 Å². The van der Waals surface area contributed by atoms with Crippen LogP contribution in [0.5, 0.6) is 0 Å². The monoisotopic (exact) mass is 439 g/mol. The molecule has 168 valence electrons. The van der Waals surface area contributed by atoms with Gasteiger partial charge in [0, 0.05) is 37.0 Å². The van der Waals surface area contributed by atoms with Crippen LogP contribution in [0.25, 0.3) is 0 Å². The molecule has 3 rings (SSSR count). The minimum atomic E-state index is -4.63. The smallest absolute Gasteiger partial charge is 0.311 e. The fourth-order valence-corrected chi connectivity index (χ4v) is 3.85. The van der Waals surface area contributed by atoms with E-state index in [1.54, 1.807) is 0 Å². The van der Waals surface area contributed by atoms with Crippen molar-refractivity contribution < 1.29 is 53.0 Å². The van der Waals surface area contributed by atoms with Crippen molar-refractivity contribution in [1.82, 2.24) is 0 Å². The Balaban J connectivity index is 2.44. The van der Waals surface area contributed by atoms with Crippen LogP contribution in [0.2, 0.25) is 0 Å². The van der Waals surface area contributed by atoms with Crippen LogP contribution in [0.15, 0.2) is 23.7 Å². The van der Waals surface area contributed by atoms with Gasteiger partial charge in [0.05, 0.1) is 22.1 Å². The van der Waals surface area contributed by atoms with Crippen molar-refractivity contribution in [3.63, 3.8) is 0 Å². The van der Waals surface area contributed by atoms with E-state index in [1.807, 2.05) is 0 Å². The van der Waals surface area contributed by atoms with Gasteiger partial charge in [0.25, 0.3) is 0 Å². The average molecular weight is 440 g/mol. The first-order valence-electron chi connectivity index (χ1n) is 20.0. The zero-order chi connectivity index (χ0) is 40.1. The van der Waals surface area contributed by atoms with Crippen molar-refractivity contribution in [1.29, 1.82) is 0 Å². The Kier molecular flexibility index (Phi) is 2.49. The molecule has 1 aliphatic heterocycles. The molecule has 3 aliphatic rings. The van der Waals surface area contributed by atoms with Crippen molar-refractivity contribution in [2.24, 2.45) is 29.0 Å². The first kappa shape index (κ1) is 8.06. The molecule has 0 radical (unpaired) electrons. The lowest BCUT2D eigenvalue weighted by atomic mass is 9.65. The van der Waals surface area contributed by atoms with Gasteiger partial charge in [-0.3, -0.25) is 9.59 Å². The van der Waals surface area contributed by atoms with E-state index in [9.17, 15) is 14.7 Å². The van der Waals surface area contributed by atoms with Crippen molar-refractivity contribution in [3.8, 4) is 0 Å². The summed E-state index contributed by atoms with van der Waals surface area (Å²) in [5, 5.41) is 10.1. The molecule has 5 nitrogen and oxygen atoms in total. The number of esters is 2. The highest BCUT2D eigenvalue weighted by atomic mass is 16.6. The molecule has 7 atom stereocenters. The van der Waals surface area contributed by atoms with Crippen molar-refractivity contribution in [3.05, 3.63) is 23.7 Å². The zero-order valence-electron chi connectivity index (χ0n) is 37.3. The van der Waals surface area contributed by atoms with Gasteiger partial charge >= 0.3 is 11.9 Å². The van der Waals surface area contributed by atoms with Crippen molar-refractivity contribution >= 4 is 11.9 Å². The summed E-state index contributed by atoms with van der Waals surface area (Å²) in [5.74, 6) is -13.4. The van der Waals surface area contributed by atoms with Gasteiger partial charge in [-0.15, -0.1) is 0 Å². The van der Waals surface area contributed by atoms with Crippen LogP contribution in [0, 0.1) is 29.0 Å². The van der Waals surface area contributed by atoms with E-state index in [0.717, 1.165) is 6.92 Å².